The third-order valence-corrected chi connectivity index (χ3v) is 5.19. The quantitative estimate of drug-likeness (QED) is 0.241. The van der Waals surface area contributed by atoms with Crippen LogP contribution < -0.4 is 10.6 Å². The Balaban J connectivity index is 1.83. The van der Waals surface area contributed by atoms with Crippen LogP contribution in [-0.4, -0.2) is 46.6 Å². The number of hydrogen-bond donors (Lipinski definition) is 2. The molecule has 2 aromatic rings. The van der Waals surface area contributed by atoms with E-state index in [1.807, 2.05) is 24.5 Å². The lowest BCUT2D eigenvalue weighted by atomic mass is 10.1. The standard InChI is InChI=1S/C21H33ClN6S/c1-5-23-20(25-13-11-17-8-6-9-18(22)14-17)24-12-7-10-19-26-27-21(29-4)28(19)15-16(2)3/h6,8-9,14,16H,5,7,10-13,15H2,1-4H3,(H2,23,24,25). The Hall–Kier alpha value is -1.73. The molecule has 0 radical (unpaired) electrons. The molecule has 0 atom stereocenters. The number of benzene rings is 1. The highest BCUT2D eigenvalue weighted by Gasteiger charge is 2.12. The third-order valence-electron chi connectivity index (χ3n) is 4.29. The Bertz CT molecular complexity index is 774. The van der Waals surface area contributed by atoms with Gasteiger partial charge in [0.2, 0.25) is 0 Å². The van der Waals surface area contributed by atoms with Gasteiger partial charge in [0, 0.05) is 37.6 Å². The first-order valence-corrected chi connectivity index (χ1v) is 11.9. The normalized spacial score (nSPS) is 11.9. The third kappa shape index (κ3) is 8.26. The lowest BCUT2D eigenvalue weighted by Crippen LogP contribution is -2.38. The Morgan fingerprint density at radius 2 is 2.07 bits per heavy atom. The van der Waals surface area contributed by atoms with Gasteiger partial charge in [-0.15, -0.1) is 10.2 Å². The molecule has 0 aliphatic carbocycles. The van der Waals surface area contributed by atoms with E-state index in [0.29, 0.717) is 5.92 Å². The Morgan fingerprint density at radius 1 is 1.24 bits per heavy atom. The maximum absolute atomic E-state index is 6.05. The van der Waals surface area contributed by atoms with Crippen LogP contribution in [0.4, 0.5) is 0 Å². The summed E-state index contributed by atoms with van der Waals surface area (Å²) < 4.78 is 2.24. The van der Waals surface area contributed by atoms with Crippen molar-refractivity contribution in [3.63, 3.8) is 0 Å². The summed E-state index contributed by atoms with van der Waals surface area (Å²) in [5, 5.41) is 17.2. The van der Waals surface area contributed by atoms with Crippen molar-refractivity contribution in [2.24, 2.45) is 10.9 Å². The molecular weight excluding hydrogens is 404 g/mol. The second-order valence-corrected chi connectivity index (χ2v) is 8.49. The summed E-state index contributed by atoms with van der Waals surface area (Å²) >= 11 is 7.70. The fourth-order valence-corrected chi connectivity index (χ4v) is 3.73. The zero-order valence-corrected chi connectivity index (χ0v) is 19.5. The van der Waals surface area contributed by atoms with E-state index < -0.39 is 0 Å². The minimum atomic E-state index is 0.567. The molecular formula is C21H33ClN6S. The molecule has 0 saturated heterocycles. The van der Waals surface area contributed by atoms with Crippen LogP contribution in [0.1, 0.15) is 38.6 Å². The summed E-state index contributed by atoms with van der Waals surface area (Å²) in [6, 6.07) is 7.98. The molecule has 0 amide bonds. The van der Waals surface area contributed by atoms with Crippen molar-refractivity contribution >= 4 is 29.3 Å². The van der Waals surface area contributed by atoms with Crippen LogP contribution in [-0.2, 0) is 19.4 Å². The number of rotatable bonds is 11. The molecule has 1 aromatic heterocycles. The van der Waals surface area contributed by atoms with Gasteiger partial charge >= 0.3 is 0 Å². The molecule has 29 heavy (non-hydrogen) atoms. The van der Waals surface area contributed by atoms with Crippen molar-refractivity contribution in [3.8, 4) is 0 Å². The number of aryl methyl sites for hydroxylation is 1. The summed E-state index contributed by atoms with van der Waals surface area (Å²) in [5.41, 5.74) is 1.22. The van der Waals surface area contributed by atoms with E-state index in [2.05, 4.69) is 52.2 Å². The molecule has 1 heterocycles. The number of hydrogen-bond acceptors (Lipinski definition) is 4. The van der Waals surface area contributed by atoms with E-state index in [-0.39, 0.29) is 0 Å². The molecule has 0 bridgehead atoms. The van der Waals surface area contributed by atoms with Crippen LogP contribution in [0.5, 0.6) is 0 Å². The average Bonchev–Trinajstić information content (AvgIpc) is 3.06. The summed E-state index contributed by atoms with van der Waals surface area (Å²) in [7, 11) is 0. The Labute approximate surface area is 183 Å². The predicted octanol–water partition coefficient (Wildman–Crippen LogP) is 4.04. The average molecular weight is 437 g/mol. The highest BCUT2D eigenvalue weighted by atomic mass is 35.5. The van der Waals surface area contributed by atoms with Crippen molar-refractivity contribution in [2.45, 2.75) is 51.7 Å². The van der Waals surface area contributed by atoms with E-state index in [1.54, 1.807) is 11.8 Å². The molecule has 2 N–H and O–H groups in total. The van der Waals surface area contributed by atoms with Gasteiger partial charge in [0.05, 0.1) is 0 Å². The number of aromatic nitrogens is 3. The van der Waals surface area contributed by atoms with Crippen LogP contribution in [0.25, 0.3) is 0 Å². The molecule has 0 spiro atoms. The molecule has 0 fully saturated rings. The van der Waals surface area contributed by atoms with Gasteiger partial charge in [-0.25, -0.2) is 0 Å². The second kappa shape index (κ2) is 12.8. The molecule has 1 aromatic carbocycles. The molecule has 160 valence electrons. The largest absolute Gasteiger partial charge is 0.357 e. The summed E-state index contributed by atoms with van der Waals surface area (Å²) in [4.78, 5) is 4.70. The smallest absolute Gasteiger partial charge is 0.191 e. The first-order valence-electron chi connectivity index (χ1n) is 10.3. The van der Waals surface area contributed by atoms with E-state index in [0.717, 1.165) is 67.4 Å². The van der Waals surface area contributed by atoms with Gasteiger partial charge in [0.1, 0.15) is 5.82 Å². The van der Waals surface area contributed by atoms with Gasteiger partial charge in [0.25, 0.3) is 0 Å². The fraction of sp³-hybridized carbons (Fsp3) is 0.571. The van der Waals surface area contributed by atoms with Crippen molar-refractivity contribution in [3.05, 3.63) is 40.7 Å². The number of guanidine groups is 1. The topological polar surface area (TPSA) is 67.1 Å². The molecule has 2 rings (SSSR count). The maximum Gasteiger partial charge on any atom is 0.191 e. The number of thioether (sulfide) groups is 1. The zero-order valence-electron chi connectivity index (χ0n) is 17.9. The molecule has 0 unspecified atom stereocenters. The highest BCUT2D eigenvalue weighted by Crippen LogP contribution is 2.16. The van der Waals surface area contributed by atoms with Crippen molar-refractivity contribution in [1.82, 2.24) is 25.4 Å². The summed E-state index contributed by atoms with van der Waals surface area (Å²) in [6.45, 7) is 9.86. The number of nitrogens with zero attached hydrogens (tertiary/aromatic N) is 4. The second-order valence-electron chi connectivity index (χ2n) is 7.28. The lowest BCUT2D eigenvalue weighted by Gasteiger charge is -2.12. The van der Waals surface area contributed by atoms with Crippen LogP contribution in [0.2, 0.25) is 5.02 Å². The number of aliphatic imine (C=N–C) groups is 1. The van der Waals surface area contributed by atoms with Gasteiger partial charge < -0.3 is 15.2 Å². The van der Waals surface area contributed by atoms with E-state index >= 15 is 0 Å². The van der Waals surface area contributed by atoms with Gasteiger partial charge in [0.15, 0.2) is 11.1 Å². The number of halogens is 1. The maximum atomic E-state index is 6.05. The van der Waals surface area contributed by atoms with Crippen LogP contribution in [0.15, 0.2) is 34.4 Å². The minimum absolute atomic E-state index is 0.567. The Kier molecular flexibility index (Phi) is 10.4. The molecule has 0 aliphatic heterocycles. The number of nitrogens with one attached hydrogen (secondary N) is 2. The first-order chi connectivity index (χ1) is 14.0. The zero-order chi connectivity index (χ0) is 21.1. The minimum Gasteiger partial charge on any atom is -0.357 e. The molecule has 0 saturated carbocycles. The van der Waals surface area contributed by atoms with Gasteiger partial charge in [-0.2, -0.15) is 0 Å². The van der Waals surface area contributed by atoms with Gasteiger partial charge in [-0.3, -0.25) is 4.99 Å². The lowest BCUT2D eigenvalue weighted by molar-refractivity contribution is 0.477. The van der Waals surface area contributed by atoms with E-state index in [4.69, 9.17) is 16.6 Å². The first kappa shape index (κ1) is 23.5. The van der Waals surface area contributed by atoms with Gasteiger partial charge in [-0.05, 0) is 49.6 Å². The van der Waals surface area contributed by atoms with E-state index in [1.165, 1.54) is 5.56 Å². The molecule has 8 heteroatoms. The van der Waals surface area contributed by atoms with Crippen LogP contribution in [0.3, 0.4) is 0 Å². The Morgan fingerprint density at radius 3 is 2.76 bits per heavy atom. The van der Waals surface area contributed by atoms with Crippen molar-refractivity contribution in [2.75, 3.05) is 25.9 Å². The van der Waals surface area contributed by atoms with Crippen LogP contribution >= 0.6 is 23.4 Å². The highest BCUT2D eigenvalue weighted by molar-refractivity contribution is 7.98. The monoisotopic (exact) mass is 436 g/mol. The van der Waals surface area contributed by atoms with Crippen molar-refractivity contribution < 1.29 is 0 Å². The summed E-state index contributed by atoms with van der Waals surface area (Å²) in [6.07, 6.45) is 4.77. The SMILES string of the molecule is CCNC(=NCCCc1nnc(SC)n1CC(C)C)NCCc1cccc(Cl)c1. The molecule has 6 nitrogen and oxygen atoms in total. The van der Waals surface area contributed by atoms with Crippen molar-refractivity contribution in [1.29, 1.82) is 0 Å². The summed E-state index contributed by atoms with van der Waals surface area (Å²) in [5.74, 6) is 2.47. The van der Waals surface area contributed by atoms with Crippen LogP contribution in [0, 0.1) is 5.92 Å². The molecule has 0 aliphatic rings. The fourth-order valence-electron chi connectivity index (χ4n) is 2.99. The van der Waals surface area contributed by atoms with Gasteiger partial charge in [-0.1, -0.05) is 49.3 Å². The van der Waals surface area contributed by atoms with E-state index in [9.17, 15) is 0 Å². The predicted molar refractivity (Wildman–Crippen MR) is 124 cm³/mol.